The molecule has 3 aliphatic carbocycles. The standard InChI is InChI=1S/C19H28O2/c1-5-12-7-8-14-13(16(12)21)11-15(20)17-18(2,3)9-6-10-19(14,17)4/h5,12,15,17,20H,1,6-11H2,2-4H3/t12-,15+,17+,19-/m0/s1. The van der Waals surface area contributed by atoms with Gasteiger partial charge in [-0.3, -0.25) is 4.79 Å². The van der Waals surface area contributed by atoms with Crippen LogP contribution in [0.2, 0.25) is 0 Å². The molecule has 3 aliphatic rings. The zero-order valence-electron chi connectivity index (χ0n) is 13.6. The van der Waals surface area contributed by atoms with Crippen molar-refractivity contribution in [2.24, 2.45) is 22.7 Å². The first-order chi connectivity index (χ1) is 9.81. The lowest BCUT2D eigenvalue weighted by Crippen LogP contribution is -2.53. The van der Waals surface area contributed by atoms with Gasteiger partial charge in [0.1, 0.15) is 0 Å². The Morgan fingerprint density at radius 3 is 2.67 bits per heavy atom. The number of aliphatic hydroxyl groups excluding tert-OH is 1. The second-order valence-electron chi connectivity index (χ2n) is 8.21. The van der Waals surface area contributed by atoms with E-state index in [1.807, 2.05) is 0 Å². The Morgan fingerprint density at radius 1 is 1.29 bits per heavy atom. The SMILES string of the molecule is C=C[C@H]1CCC2=C(C[C@@H](O)[C@@H]3C(C)(C)CCC[C@@]23C)C1=O. The summed E-state index contributed by atoms with van der Waals surface area (Å²) in [4.78, 5) is 12.7. The molecule has 0 amide bonds. The molecule has 0 saturated heterocycles. The molecule has 0 aromatic rings. The zero-order valence-corrected chi connectivity index (χ0v) is 13.6. The van der Waals surface area contributed by atoms with E-state index in [1.54, 1.807) is 6.08 Å². The Morgan fingerprint density at radius 2 is 2.00 bits per heavy atom. The molecule has 4 atom stereocenters. The molecule has 0 bridgehead atoms. The fraction of sp³-hybridized carbons (Fsp3) is 0.737. The van der Waals surface area contributed by atoms with Gasteiger partial charge in [-0.25, -0.2) is 0 Å². The molecule has 1 fully saturated rings. The van der Waals surface area contributed by atoms with Gasteiger partial charge in [0.2, 0.25) is 0 Å². The first-order valence-corrected chi connectivity index (χ1v) is 8.38. The Labute approximate surface area is 128 Å². The van der Waals surface area contributed by atoms with Gasteiger partial charge in [0, 0.05) is 12.3 Å². The van der Waals surface area contributed by atoms with Crippen molar-refractivity contribution in [3.8, 4) is 0 Å². The summed E-state index contributed by atoms with van der Waals surface area (Å²) < 4.78 is 0. The second kappa shape index (κ2) is 4.81. The third-order valence-electron chi connectivity index (χ3n) is 6.52. The Kier molecular flexibility index (Phi) is 3.44. The molecular formula is C19H28O2. The maximum Gasteiger partial charge on any atom is 0.165 e. The van der Waals surface area contributed by atoms with Crippen LogP contribution >= 0.6 is 0 Å². The number of ketones is 1. The van der Waals surface area contributed by atoms with Crippen LogP contribution in [-0.4, -0.2) is 17.0 Å². The van der Waals surface area contributed by atoms with Crippen molar-refractivity contribution < 1.29 is 9.90 Å². The number of fused-ring (bicyclic) bond motifs is 2. The fourth-order valence-corrected chi connectivity index (χ4v) is 5.73. The summed E-state index contributed by atoms with van der Waals surface area (Å²) in [5.74, 6) is 0.478. The molecule has 0 radical (unpaired) electrons. The van der Waals surface area contributed by atoms with E-state index in [9.17, 15) is 9.90 Å². The summed E-state index contributed by atoms with van der Waals surface area (Å²) in [6.45, 7) is 10.7. The number of hydrogen-bond acceptors (Lipinski definition) is 2. The van der Waals surface area contributed by atoms with Gasteiger partial charge in [-0.05, 0) is 48.0 Å². The second-order valence-corrected chi connectivity index (χ2v) is 8.21. The topological polar surface area (TPSA) is 37.3 Å². The molecule has 2 heteroatoms. The first kappa shape index (κ1) is 15.0. The maximum absolute atomic E-state index is 12.7. The molecule has 21 heavy (non-hydrogen) atoms. The van der Waals surface area contributed by atoms with E-state index in [1.165, 1.54) is 18.4 Å². The van der Waals surface area contributed by atoms with E-state index in [0.29, 0.717) is 6.42 Å². The van der Waals surface area contributed by atoms with E-state index >= 15 is 0 Å². The third kappa shape index (κ3) is 2.06. The van der Waals surface area contributed by atoms with E-state index in [4.69, 9.17) is 0 Å². The molecule has 0 aliphatic heterocycles. The van der Waals surface area contributed by atoms with E-state index in [-0.39, 0.29) is 34.6 Å². The highest BCUT2D eigenvalue weighted by Gasteiger charge is 2.55. The summed E-state index contributed by atoms with van der Waals surface area (Å²) in [5, 5.41) is 10.8. The minimum Gasteiger partial charge on any atom is -0.392 e. The van der Waals surface area contributed by atoms with Crippen LogP contribution in [0.4, 0.5) is 0 Å². The maximum atomic E-state index is 12.7. The fourth-order valence-electron chi connectivity index (χ4n) is 5.73. The monoisotopic (exact) mass is 288 g/mol. The van der Waals surface area contributed by atoms with Gasteiger partial charge in [0.05, 0.1) is 6.10 Å². The summed E-state index contributed by atoms with van der Waals surface area (Å²) in [7, 11) is 0. The number of carbonyl (C=O) groups is 1. The molecule has 3 rings (SSSR count). The van der Waals surface area contributed by atoms with Crippen LogP contribution in [0.1, 0.15) is 59.3 Å². The van der Waals surface area contributed by atoms with Crippen molar-refractivity contribution in [2.45, 2.75) is 65.4 Å². The Hall–Kier alpha value is -0.890. The summed E-state index contributed by atoms with van der Waals surface area (Å²) >= 11 is 0. The summed E-state index contributed by atoms with van der Waals surface area (Å²) in [5.41, 5.74) is 2.48. The highest BCUT2D eigenvalue weighted by molar-refractivity contribution is 6.00. The average molecular weight is 288 g/mol. The van der Waals surface area contributed by atoms with Gasteiger partial charge >= 0.3 is 0 Å². The van der Waals surface area contributed by atoms with Crippen molar-refractivity contribution in [3.63, 3.8) is 0 Å². The quantitative estimate of drug-likeness (QED) is 0.739. The molecule has 116 valence electrons. The minimum atomic E-state index is -0.378. The van der Waals surface area contributed by atoms with Crippen LogP contribution in [0.5, 0.6) is 0 Å². The van der Waals surface area contributed by atoms with Gasteiger partial charge in [0.25, 0.3) is 0 Å². The molecule has 0 spiro atoms. The summed E-state index contributed by atoms with van der Waals surface area (Å²) in [6.07, 6.45) is 7.37. The number of hydrogen-bond donors (Lipinski definition) is 1. The van der Waals surface area contributed by atoms with Crippen LogP contribution in [0.15, 0.2) is 23.8 Å². The normalized spacial score (nSPS) is 42.3. The van der Waals surface area contributed by atoms with Crippen LogP contribution in [0.25, 0.3) is 0 Å². The van der Waals surface area contributed by atoms with Crippen LogP contribution < -0.4 is 0 Å². The van der Waals surface area contributed by atoms with Crippen molar-refractivity contribution in [1.29, 1.82) is 0 Å². The van der Waals surface area contributed by atoms with Gasteiger partial charge in [-0.2, -0.15) is 0 Å². The number of carbonyl (C=O) groups excluding carboxylic acids is 1. The molecule has 1 N–H and O–H groups in total. The highest BCUT2D eigenvalue weighted by atomic mass is 16.3. The van der Waals surface area contributed by atoms with Crippen molar-refractivity contribution in [2.75, 3.05) is 0 Å². The number of rotatable bonds is 1. The predicted octanol–water partition coefficient (Wildman–Crippen LogP) is 4.05. The predicted molar refractivity (Wildman–Crippen MR) is 84.8 cm³/mol. The van der Waals surface area contributed by atoms with Gasteiger partial charge < -0.3 is 5.11 Å². The van der Waals surface area contributed by atoms with Crippen molar-refractivity contribution >= 4 is 5.78 Å². The first-order valence-electron chi connectivity index (χ1n) is 8.38. The van der Waals surface area contributed by atoms with E-state index < -0.39 is 0 Å². The Balaban J connectivity index is 2.09. The van der Waals surface area contributed by atoms with Crippen LogP contribution in [0, 0.1) is 22.7 Å². The summed E-state index contributed by atoms with van der Waals surface area (Å²) in [6, 6.07) is 0. The number of Topliss-reactive ketones (excluding diaryl/α,β-unsaturated/α-hetero) is 1. The van der Waals surface area contributed by atoms with Crippen LogP contribution in [-0.2, 0) is 4.79 Å². The smallest absolute Gasteiger partial charge is 0.165 e. The highest BCUT2D eigenvalue weighted by Crippen LogP contribution is 2.61. The molecule has 0 heterocycles. The largest absolute Gasteiger partial charge is 0.392 e. The van der Waals surface area contributed by atoms with E-state index in [2.05, 4.69) is 27.4 Å². The molecule has 0 aromatic heterocycles. The zero-order chi connectivity index (χ0) is 15.4. The van der Waals surface area contributed by atoms with Gasteiger partial charge in [-0.1, -0.05) is 38.8 Å². The molecule has 2 nitrogen and oxygen atoms in total. The van der Waals surface area contributed by atoms with E-state index in [0.717, 1.165) is 24.8 Å². The Bertz CT molecular complexity index is 514. The number of aliphatic hydroxyl groups is 1. The van der Waals surface area contributed by atoms with Crippen molar-refractivity contribution in [1.82, 2.24) is 0 Å². The minimum absolute atomic E-state index is 0.0105. The molecule has 0 aromatic carbocycles. The molecule has 1 saturated carbocycles. The molecular weight excluding hydrogens is 260 g/mol. The average Bonchev–Trinajstić information content (AvgIpc) is 2.38. The lowest BCUT2D eigenvalue weighted by Gasteiger charge is -2.57. The lowest BCUT2D eigenvalue weighted by atomic mass is 9.47. The van der Waals surface area contributed by atoms with Gasteiger partial charge in [-0.15, -0.1) is 6.58 Å². The van der Waals surface area contributed by atoms with Gasteiger partial charge in [0.15, 0.2) is 5.78 Å². The van der Waals surface area contributed by atoms with Crippen LogP contribution in [0.3, 0.4) is 0 Å². The van der Waals surface area contributed by atoms with Crippen molar-refractivity contribution in [3.05, 3.63) is 23.8 Å². The number of allylic oxidation sites excluding steroid dienone is 2. The lowest BCUT2D eigenvalue weighted by molar-refractivity contribution is -0.122. The third-order valence-corrected chi connectivity index (χ3v) is 6.52. The molecule has 0 unspecified atom stereocenters.